The third-order valence-corrected chi connectivity index (χ3v) is 5.93. The molecule has 0 saturated carbocycles. The molecule has 36 heavy (non-hydrogen) atoms. The van der Waals surface area contributed by atoms with E-state index in [1.807, 2.05) is 28.8 Å². The molecule has 5 rings (SSSR count). The van der Waals surface area contributed by atoms with E-state index in [0.717, 1.165) is 15.8 Å². The SMILES string of the molecule is COC(=O)c1ccc(Cn2cc(/C=C3\C(=O)NC(=O)N(c4ccc(Cl)cc4)C3=O)c3ccccc32)o1. The second-order valence-electron chi connectivity index (χ2n) is 7.92. The van der Waals surface area contributed by atoms with Crippen LogP contribution in [0.5, 0.6) is 0 Å². The number of rotatable bonds is 5. The Morgan fingerprint density at radius 2 is 1.81 bits per heavy atom. The van der Waals surface area contributed by atoms with Gasteiger partial charge in [-0.1, -0.05) is 29.8 Å². The Kier molecular flexibility index (Phi) is 5.91. The highest BCUT2D eigenvalue weighted by Crippen LogP contribution is 2.28. The highest BCUT2D eigenvalue weighted by atomic mass is 35.5. The summed E-state index contributed by atoms with van der Waals surface area (Å²) in [7, 11) is 1.27. The van der Waals surface area contributed by atoms with E-state index in [4.69, 9.17) is 16.0 Å². The number of methoxy groups -OCH3 is 1. The van der Waals surface area contributed by atoms with Crippen molar-refractivity contribution in [3.63, 3.8) is 0 Å². The van der Waals surface area contributed by atoms with Crippen molar-refractivity contribution in [2.75, 3.05) is 12.0 Å². The largest absolute Gasteiger partial charge is 0.463 e. The fourth-order valence-electron chi connectivity index (χ4n) is 4.00. The number of fused-ring (bicyclic) bond motifs is 1. The number of imide groups is 2. The van der Waals surface area contributed by atoms with E-state index in [1.165, 1.54) is 31.4 Å². The molecule has 0 radical (unpaired) electrons. The molecule has 9 nitrogen and oxygen atoms in total. The van der Waals surface area contributed by atoms with Crippen LogP contribution in [-0.4, -0.2) is 35.5 Å². The molecular formula is C26H18ClN3O6. The van der Waals surface area contributed by atoms with E-state index in [9.17, 15) is 19.2 Å². The summed E-state index contributed by atoms with van der Waals surface area (Å²) < 4.78 is 12.1. The number of nitrogens with one attached hydrogen (secondary N) is 1. The second kappa shape index (κ2) is 9.20. The third kappa shape index (κ3) is 4.16. The minimum absolute atomic E-state index is 0.0859. The maximum absolute atomic E-state index is 13.2. The Bertz CT molecular complexity index is 1560. The van der Waals surface area contributed by atoms with E-state index in [1.54, 1.807) is 24.4 Å². The van der Waals surface area contributed by atoms with Crippen LogP contribution in [0.2, 0.25) is 5.02 Å². The standard InChI is InChI=1S/C26H18ClN3O6/c1-35-25(33)22-11-10-18(36-22)14-29-13-15(19-4-2-3-5-21(19)29)12-20-23(31)28-26(34)30(24(20)32)17-8-6-16(27)7-9-17/h2-13H,14H2,1H3,(H,28,31,34)/b20-12+. The average Bonchev–Trinajstić information content (AvgIpc) is 3.47. The molecule has 0 atom stereocenters. The number of hydrogen-bond acceptors (Lipinski definition) is 6. The third-order valence-electron chi connectivity index (χ3n) is 5.68. The van der Waals surface area contributed by atoms with Crippen LogP contribution >= 0.6 is 11.6 Å². The van der Waals surface area contributed by atoms with E-state index in [0.29, 0.717) is 16.3 Å². The normalized spacial score (nSPS) is 15.0. The molecule has 1 saturated heterocycles. The van der Waals surface area contributed by atoms with Crippen LogP contribution in [0.4, 0.5) is 10.5 Å². The van der Waals surface area contributed by atoms with Gasteiger partial charge in [0.2, 0.25) is 5.76 Å². The van der Waals surface area contributed by atoms with Gasteiger partial charge in [0, 0.05) is 27.7 Å². The molecule has 2 aromatic heterocycles. The van der Waals surface area contributed by atoms with Gasteiger partial charge in [-0.25, -0.2) is 14.5 Å². The molecule has 0 aliphatic carbocycles. The maximum atomic E-state index is 13.2. The molecule has 180 valence electrons. The van der Waals surface area contributed by atoms with Crippen LogP contribution in [0.1, 0.15) is 21.9 Å². The van der Waals surface area contributed by atoms with Gasteiger partial charge in [-0.2, -0.15) is 0 Å². The number of aromatic nitrogens is 1. The number of anilines is 1. The topological polar surface area (TPSA) is 111 Å². The Morgan fingerprint density at radius 3 is 2.56 bits per heavy atom. The number of barbiturate groups is 1. The van der Waals surface area contributed by atoms with Gasteiger partial charge in [-0.15, -0.1) is 0 Å². The summed E-state index contributed by atoms with van der Waals surface area (Å²) in [5.74, 6) is -1.52. The molecule has 1 N–H and O–H groups in total. The number of halogens is 1. The summed E-state index contributed by atoms with van der Waals surface area (Å²) in [5.41, 5.74) is 1.49. The maximum Gasteiger partial charge on any atom is 0.373 e. The van der Waals surface area contributed by atoms with Crippen molar-refractivity contribution < 1.29 is 28.3 Å². The van der Waals surface area contributed by atoms with Crippen molar-refractivity contribution in [2.24, 2.45) is 0 Å². The Labute approximate surface area is 209 Å². The van der Waals surface area contributed by atoms with Crippen LogP contribution in [0, 0.1) is 0 Å². The monoisotopic (exact) mass is 503 g/mol. The number of nitrogens with zero attached hydrogens (tertiary/aromatic N) is 2. The van der Waals surface area contributed by atoms with E-state index in [2.05, 4.69) is 10.1 Å². The van der Waals surface area contributed by atoms with Gasteiger partial charge in [-0.3, -0.25) is 14.9 Å². The molecule has 4 aromatic rings. The number of furan rings is 1. The Morgan fingerprint density at radius 1 is 1.06 bits per heavy atom. The van der Waals surface area contributed by atoms with Gasteiger partial charge in [0.25, 0.3) is 11.8 Å². The molecule has 10 heteroatoms. The van der Waals surface area contributed by atoms with Crippen LogP contribution in [0.15, 0.2) is 76.9 Å². The molecule has 1 aliphatic rings. The predicted molar refractivity (Wildman–Crippen MR) is 132 cm³/mol. The van der Waals surface area contributed by atoms with Gasteiger partial charge in [-0.05, 0) is 48.5 Å². The quantitative estimate of drug-likeness (QED) is 0.246. The van der Waals surface area contributed by atoms with Crippen molar-refractivity contribution >= 4 is 58.1 Å². The zero-order valence-corrected chi connectivity index (χ0v) is 19.6. The molecule has 0 bridgehead atoms. The fraction of sp³-hybridized carbons (Fsp3) is 0.0769. The molecule has 1 aliphatic heterocycles. The minimum atomic E-state index is -0.842. The van der Waals surface area contributed by atoms with Crippen molar-refractivity contribution in [1.29, 1.82) is 0 Å². The van der Waals surface area contributed by atoms with Gasteiger partial charge in [0.05, 0.1) is 19.3 Å². The highest BCUT2D eigenvalue weighted by Gasteiger charge is 2.37. The lowest BCUT2D eigenvalue weighted by Gasteiger charge is -2.26. The summed E-state index contributed by atoms with van der Waals surface area (Å²) in [6, 6.07) is 15.9. The van der Waals surface area contributed by atoms with Crippen molar-refractivity contribution in [2.45, 2.75) is 6.54 Å². The first kappa shape index (κ1) is 23.1. The smallest absolute Gasteiger partial charge is 0.373 e. The van der Waals surface area contributed by atoms with Crippen LogP contribution in [0.25, 0.3) is 17.0 Å². The molecule has 4 amide bonds. The first-order valence-electron chi connectivity index (χ1n) is 10.8. The first-order valence-corrected chi connectivity index (χ1v) is 11.2. The summed E-state index contributed by atoms with van der Waals surface area (Å²) in [6.45, 7) is 0.288. The number of esters is 1. The lowest BCUT2D eigenvalue weighted by atomic mass is 10.1. The van der Waals surface area contributed by atoms with E-state index < -0.39 is 23.8 Å². The Hall–Kier alpha value is -4.63. The fourth-order valence-corrected chi connectivity index (χ4v) is 4.13. The molecule has 0 spiro atoms. The minimum Gasteiger partial charge on any atom is -0.463 e. The number of carbonyl (C=O) groups is 4. The number of urea groups is 1. The zero-order chi connectivity index (χ0) is 25.4. The number of amides is 4. The van der Waals surface area contributed by atoms with Gasteiger partial charge in [0.15, 0.2) is 0 Å². The number of hydrogen-bond donors (Lipinski definition) is 1. The molecule has 0 unspecified atom stereocenters. The lowest BCUT2D eigenvalue weighted by molar-refractivity contribution is -0.122. The van der Waals surface area contributed by atoms with Crippen molar-refractivity contribution in [1.82, 2.24) is 9.88 Å². The summed E-state index contributed by atoms with van der Waals surface area (Å²) in [6.07, 6.45) is 3.22. The van der Waals surface area contributed by atoms with E-state index in [-0.39, 0.29) is 23.6 Å². The molecule has 1 fully saturated rings. The highest BCUT2D eigenvalue weighted by molar-refractivity contribution is 6.39. The average molecular weight is 504 g/mol. The molecule has 3 heterocycles. The summed E-state index contributed by atoms with van der Waals surface area (Å²) in [5, 5.41) is 3.44. The summed E-state index contributed by atoms with van der Waals surface area (Å²) in [4.78, 5) is 50.9. The van der Waals surface area contributed by atoms with Crippen molar-refractivity contribution in [3.8, 4) is 0 Å². The van der Waals surface area contributed by atoms with Crippen LogP contribution in [-0.2, 0) is 20.9 Å². The van der Waals surface area contributed by atoms with Gasteiger partial charge >= 0.3 is 12.0 Å². The summed E-state index contributed by atoms with van der Waals surface area (Å²) >= 11 is 5.92. The van der Waals surface area contributed by atoms with Crippen molar-refractivity contribution in [3.05, 3.63) is 94.5 Å². The molecule has 2 aromatic carbocycles. The van der Waals surface area contributed by atoms with E-state index >= 15 is 0 Å². The molecular weight excluding hydrogens is 486 g/mol. The van der Waals surface area contributed by atoms with Gasteiger partial charge < -0.3 is 13.7 Å². The van der Waals surface area contributed by atoms with Gasteiger partial charge in [0.1, 0.15) is 11.3 Å². The van der Waals surface area contributed by atoms with Crippen LogP contribution in [0.3, 0.4) is 0 Å². The zero-order valence-electron chi connectivity index (χ0n) is 18.9. The number of ether oxygens (including phenoxy) is 1. The lowest BCUT2D eigenvalue weighted by Crippen LogP contribution is -2.54. The first-order chi connectivity index (χ1) is 17.4. The number of para-hydroxylation sites is 1. The number of carbonyl (C=O) groups excluding carboxylic acids is 4. The number of benzene rings is 2. The predicted octanol–water partition coefficient (Wildman–Crippen LogP) is 4.39. The second-order valence-corrected chi connectivity index (χ2v) is 8.36. The van der Waals surface area contributed by atoms with Crippen LogP contribution < -0.4 is 10.2 Å². The Balaban J connectivity index is 1.53.